The second-order valence-electron chi connectivity index (χ2n) is 4.25. The fourth-order valence-corrected chi connectivity index (χ4v) is 3.22. The average Bonchev–Trinajstić information content (AvgIpc) is 2.39. The number of nitrogens with one attached hydrogen (secondary N) is 1. The summed E-state index contributed by atoms with van der Waals surface area (Å²) in [5.41, 5.74) is 5.58. The summed E-state index contributed by atoms with van der Waals surface area (Å²) in [5, 5.41) is 0.208. The van der Waals surface area contributed by atoms with Gasteiger partial charge < -0.3 is 5.73 Å². The van der Waals surface area contributed by atoms with Gasteiger partial charge >= 0.3 is 0 Å². The molecule has 3 N–H and O–H groups in total. The third-order valence-electron chi connectivity index (χ3n) is 2.61. The Hall–Kier alpha value is -1.38. The van der Waals surface area contributed by atoms with Gasteiger partial charge in [0.05, 0.1) is 26.9 Å². The van der Waals surface area contributed by atoms with E-state index in [1.807, 2.05) is 0 Å². The zero-order chi connectivity index (χ0) is 15.8. The number of benzene rings is 1. The Morgan fingerprint density at radius 3 is 2.62 bits per heavy atom. The van der Waals surface area contributed by atoms with Gasteiger partial charge in [-0.2, -0.15) is 0 Å². The number of halogens is 3. The van der Waals surface area contributed by atoms with Gasteiger partial charge in [0.15, 0.2) is 0 Å². The zero-order valence-corrected chi connectivity index (χ0v) is 13.9. The van der Waals surface area contributed by atoms with Gasteiger partial charge in [-0.05, 0) is 46.6 Å². The Kier molecular flexibility index (Phi) is 4.40. The number of hydrogen-bond donors (Lipinski definition) is 2. The molecule has 21 heavy (non-hydrogen) atoms. The minimum atomic E-state index is -3.91. The molecule has 0 aliphatic heterocycles. The highest BCUT2D eigenvalue weighted by molar-refractivity contribution is 9.10. The Morgan fingerprint density at radius 2 is 2.05 bits per heavy atom. The number of nitrogens with two attached hydrogens (primary N) is 1. The smallest absolute Gasteiger partial charge is 0.262 e. The number of hydrogen-bond acceptors (Lipinski definition) is 4. The highest BCUT2D eigenvalue weighted by Gasteiger charge is 2.18. The lowest BCUT2D eigenvalue weighted by Crippen LogP contribution is -2.14. The van der Waals surface area contributed by atoms with Crippen LogP contribution in [0.15, 0.2) is 33.8 Å². The molecule has 0 unspecified atom stereocenters. The Balaban J connectivity index is 2.40. The predicted octanol–water partition coefficient (Wildman–Crippen LogP) is 3.33. The first kappa shape index (κ1) is 16.0. The van der Waals surface area contributed by atoms with Crippen molar-refractivity contribution in [1.82, 2.24) is 4.98 Å². The van der Waals surface area contributed by atoms with Gasteiger partial charge in [0, 0.05) is 0 Å². The molecule has 2 aromatic rings. The molecule has 0 aliphatic carbocycles. The number of aromatic nitrogens is 1. The molecule has 1 aromatic carbocycles. The van der Waals surface area contributed by atoms with Crippen molar-refractivity contribution in [3.05, 3.63) is 45.4 Å². The van der Waals surface area contributed by atoms with Crippen molar-refractivity contribution in [3.63, 3.8) is 0 Å². The van der Waals surface area contributed by atoms with Crippen LogP contribution in [0.5, 0.6) is 0 Å². The van der Waals surface area contributed by atoms with E-state index in [1.165, 1.54) is 25.3 Å². The Morgan fingerprint density at radius 1 is 1.38 bits per heavy atom. The molecule has 1 heterocycles. The van der Waals surface area contributed by atoms with Crippen LogP contribution in [0.3, 0.4) is 0 Å². The fourth-order valence-electron chi connectivity index (χ4n) is 1.61. The highest BCUT2D eigenvalue weighted by Crippen LogP contribution is 2.26. The third kappa shape index (κ3) is 3.45. The van der Waals surface area contributed by atoms with Crippen LogP contribution in [0.4, 0.5) is 15.8 Å². The molecule has 1 aromatic heterocycles. The minimum Gasteiger partial charge on any atom is -0.396 e. The normalized spacial score (nSPS) is 11.4. The highest BCUT2D eigenvalue weighted by atomic mass is 79.9. The maximum absolute atomic E-state index is 13.5. The van der Waals surface area contributed by atoms with Crippen molar-refractivity contribution < 1.29 is 12.8 Å². The largest absolute Gasteiger partial charge is 0.396 e. The maximum Gasteiger partial charge on any atom is 0.262 e. The van der Waals surface area contributed by atoms with Gasteiger partial charge in [0.2, 0.25) is 0 Å². The van der Waals surface area contributed by atoms with Gasteiger partial charge in [0.1, 0.15) is 11.0 Å². The van der Waals surface area contributed by atoms with Crippen LogP contribution in [-0.4, -0.2) is 13.4 Å². The molecule has 0 saturated carbocycles. The van der Waals surface area contributed by atoms with Crippen molar-refractivity contribution >= 4 is 48.9 Å². The topological polar surface area (TPSA) is 85.1 Å². The summed E-state index contributed by atoms with van der Waals surface area (Å²) in [6.45, 7) is 1.44. The van der Waals surface area contributed by atoms with Crippen molar-refractivity contribution in [3.8, 4) is 0 Å². The van der Waals surface area contributed by atoms with Gasteiger partial charge in [-0.3, -0.25) is 4.72 Å². The summed E-state index contributed by atoms with van der Waals surface area (Å²) in [6.07, 6.45) is 1.27. The fraction of sp³-hybridized carbons (Fsp3) is 0.0833. The molecular formula is C12H10BrClFN3O2S. The summed E-state index contributed by atoms with van der Waals surface area (Å²) in [4.78, 5) is 3.68. The molecule has 0 aliphatic rings. The van der Waals surface area contributed by atoms with Crippen LogP contribution < -0.4 is 10.5 Å². The van der Waals surface area contributed by atoms with Crippen LogP contribution in [-0.2, 0) is 10.0 Å². The van der Waals surface area contributed by atoms with E-state index in [0.717, 1.165) is 6.07 Å². The van der Waals surface area contributed by atoms with Crippen molar-refractivity contribution in [2.24, 2.45) is 0 Å². The molecule has 0 fully saturated rings. The summed E-state index contributed by atoms with van der Waals surface area (Å²) < 4.78 is 40.7. The van der Waals surface area contributed by atoms with Gasteiger partial charge in [-0.15, -0.1) is 0 Å². The molecule has 0 amide bonds. The van der Waals surface area contributed by atoms with Gasteiger partial charge in [-0.25, -0.2) is 17.8 Å². The van der Waals surface area contributed by atoms with Crippen LogP contribution in [0.1, 0.15) is 5.56 Å². The Bertz CT molecular complexity index is 791. The van der Waals surface area contributed by atoms with Crippen LogP contribution >= 0.6 is 27.5 Å². The number of nitrogen functional groups attached to an aromatic ring is 1. The lowest BCUT2D eigenvalue weighted by molar-refractivity contribution is 0.599. The number of sulfonamides is 1. The van der Waals surface area contributed by atoms with E-state index in [0.29, 0.717) is 4.47 Å². The van der Waals surface area contributed by atoms with E-state index in [2.05, 4.69) is 25.6 Å². The van der Waals surface area contributed by atoms with E-state index in [-0.39, 0.29) is 27.0 Å². The van der Waals surface area contributed by atoms with E-state index < -0.39 is 15.8 Å². The lowest BCUT2D eigenvalue weighted by atomic mass is 10.2. The number of aryl methyl sites for hydroxylation is 1. The average molecular weight is 395 g/mol. The molecular weight excluding hydrogens is 385 g/mol. The van der Waals surface area contributed by atoms with Crippen LogP contribution in [0, 0.1) is 12.7 Å². The number of pyridine rings is 1. The quantitative estimate of drug-likeness (QED) is 0.618. The van der Waals surface area contributed by atoms with E-state index in [1.54, 1.807) is 0 Å². The number of rotatable bonds is 3. The maximum atomic E-state index is 13.5. The molecule has 5 nitrogen and oxygen atoms in total. The van der Waals surface area contributed by atoms with Crippen molar-refractivity contribution in [1.29, 1.82) is 0 Å². The van der Waals surface area contributed by atoms with Crippen LogP contribution in [0.25, 0.3) is 0 Å². The van der Waals surface area contributed by atoms with Crippen molar-refractivity contribution in [2.75, 3.05) is 10.5 Å². The van der Waals surface area contributed by atoms with Crippen LogP contribution in [0.2, 0.25) is 5.15 Å². The van der Waals surface area contributed by atoms with E-state index >= 15 is 0 Å². The third-order valence-corrected chi connectivity index (χ3v) is 5.11. The van der Waals surface area contributed by atoms with Crippen molar-refractivity contribution in [2.45, 2.75) is 11.8 Å². The Labute approximate surface area is 134 Å². The monoisotopic (exact) mass is 393 g/mol. The first-order chi connectivity index (χ1) is 9.70. The molecule has 0 spiro atoms. The second-order valence-corrected chi connectivity index (χ2v) is 7.14. The van der Waals surface area contributed by atoms with E-state index in [4.69, 9.17) is 17.3 Å². The zero-order valence-electron chi connectivity index (χ0n) is 10.7. The lowest BCUT2D eigenvalue weighted by Gasteiger charge is -2.10. The summed E-state index contributed by atoms with van der Waals surface area (Å²) >= 11 is 8.88. The van der Waals surface area contributed by atoms with Gasteiger partial charge in [0.25, 0.3) is 10.0 Å². The van der Waals surface area contributed by atoms with E-state index in [9.17, 15) is 12.8 Å². The number of nitrogens with zero attached hydrogens (tertiary/aromatic N) is 1. The first-order valence-electron chi connectivity index (χ1n) is 5.60. The first-order valence-corrected chi connectivity index (χ1v) is 8.25. The van der Waals surface area contributed by atoms with Gasteiger partial charge in [-0.1, -0.05) is 11.6 Å². The summed E-state index contributed by atoms with van der Waals surface area (Å²) in [5.74, 6) is -0.634. The SMILES string of the molecule is Cc1cc(S(=O)(=O)Nc2cnc(Cl)c(Br)c2)cc(N)c1F. The number of anilines is 2. The second kappa shape index (κ2) is 5.78. The molecule has 0 atom stereocenters. The molecule has 0 radical (unpaired) electrons. The predicted molar refractivity (Wildman–Crippen MR) is 83.3 cm³/mol. The standard InChI is InChI=1S/C12H10BrClFN3O2S/c1-6-2-8(4-10(16)11(6)15)21(19,20)18-7-3-9(13)12(14)17-5-7/h2-5,18H,16H2,1H3. The molecule has 112 valence electrons. The summed E-state index contributed by atoms with van der Waals surface area (Å²) in [6, 6.07) is 3.72. The molecule has 0 saturated heterocycles. The summed E-state index contributed by atoms with van der Waals surface area (Å²) in [7, 11) is -3.91. The molecule has 2 rings (SSSR count). The minimum absolute atomic E-state index is 0.134. The molecule has 9 heteroatoms. The molecule has 0 bridgehead atoms.